The van der Waals surface area contributed by atoms with E-state index in [1.54, 1.807) is 24.4 Å². The normalized spacial score (nSPS) is 10.6. The Bertz CT molecular complexity index is 720. The molecule has 7 heteroatoms. The molecule has 0 bridgehead atoms. The average molecular weight is 412 g/mol. The van der Waals surface area contributed by atoms with Gasteiger partial charge in [-0.25, -0.2) is 5.43 Å². The van der Waals surface area contributed by atoms with E-state index in [2.05, 4.69) is 26.5 Å². The topological polar surface area (TPSA) is 59.9 Å². The summed E-state index contributed by atoms with van der Waals surface area (Å²) < 4.78 is 11.5. The van der Waals surface area contributed by atoms with E-state index in [1.165, 1.54) is 0 Å². The molecule has 0 aromatic heterocycles. The minimum atomic E-state index is -0.379. The number of ether oxygens (including phenoxy) is 2. The minimum Gasteiger partial charge on any atom is -0.494 e. The van der Waals surface area contributed by atoms with Gasteiger partial charge in [-0.2, -0.15) is 5.10 Å². The van der Waals surface area contributed by atoms with Crippen LogP contribution in [0, 0.1) is 0 Å². The van der Waals surface area contributed by atoms with Gasteiger partial charge >= 0.3 is 0 Å². The van der Waals surface area contributed by atoms with Crippen LogP contribution in [-0.2, 0) is 4.79 Å². The fourth-order valence-electron chi connectivity index (χ4n) is 1.76. The Hall–Kier alpha value is -2.05. The number of carbonyl (C=O) groups is 1. The molecule has 2 aromatic carbocycles. The van der Waals surface area contributed by atoms with E-state index in [-0.39, 0.29) is 12.5 Å². The summed E-state index contributed by atoms with van der Waals surface area (Å²) in [4.78, 5) is 11.7. The molecule has 1 N–H and O–H groups in total. The van der Waals surface area contributed by atoms with Gasteiger partial charge in [0, 0.05) is 4.47 Å². The van der Waals surface area contributed by atoms with E-state index in [0.29, 0.717) is 17.4 Å². The highest BCUT2D eigenvalue weighted by Gasteiger charge is 2.05. The van der Waals surface area contributed by atoms with Crippen molar-refractivity contribution in [3.05, 3.63) is 57.5 Å². The fourth-order valence-corrected chi connectivity index (χ4v) is 2.49. The fraction of sp³-hybridized carbons (Fsp3) is 0.176. The van der Waals surface area contributed by atoms with Gasteiger partial charge < -0.3 is 9.47 Å². The van der Waals surface area contributed by atoms with E-state index in [0.717, 1.165) is 15.8 Å². The van der Waals surface area contributed by atoms with Crippen molar-refractivity contribution in [2.45, 2.75) is 6.92 Å². The Kier molecular flexibility index (Phi) is 7.08. The molecule has 126 valence electrons. The lowest BCUT2D eigenvalue weighted by atomic mass is 10.2. The smallest absolute Gasteiger partial charge is 0.277 e. The Balaban J connectivity index is 1.80. The summed E-state index contributed by atoms with van der Waals surface area (Å²) in [7, 11) is 0. The summed E-state index contributed by atoms with van der Waals surface area (Å²) >= 11 is 9.31. The molecule has 5 nitrogen and oxygen atoms in total. The molecule has 0 aliphatic carbocycles. The molecule has 0 saturated carbocycles. The molecular weight excluding hydrogens is 396 g/mol. The number of carbonyl (C=O) groups excluding carboxylic acids is 1. The molecule has 2 aromatic rings. The van der Waals surface area contributed by atoms with Crippen LogP contribution in [0.4, 0.5) is 0 Å². The maximum Gasteiger partial charge on any atom is 0.277 e. The zero-order valence-electron chi connectivity index (χ0n) is 13.0. The van der Waals surface area contributed by atoms with Crippen LogP contribution >= 0.6 is 27.5 Å². The average Bonchev–Trinajstić information content (AvgIpc) is 2.56. The third kappa shape index (κ3) is 5.86. The lowest BCUT2D eigenvalue weighted by molar-refractivity contribution is -0.123. The van der Waals surface area contributed by atoms with Crippen LogP contribution in [0.15, 0.2) is 52.0 Å². The van der Waals surface area contributed by atoms with E-state index in [1.807, 2.05) is 31.2 Å². The lowest BCUT2D eigenvalue weighted by Crippen LogP contribution is -2.24. The van der Waals surface area contributed by atoms with Gasteiger partial charge in [0.1, 0.15) is 11.5 Å². The van der Waals surface area contributed by atoms with Crippen molar-refractivity contribution in [2.24, 2.45) is 5.10 Å². The molecular formula is C17H16BrClN2O3. The molecule has 0 atom stereocenters. The summed E-state index contributed by atoms with van der Waals surface area (Å²) in [5, 5.41) is 4.31. The summed E-state index contributed by atoms with van der Waals surface area (Å²) in [6, 6.07) is 12.5. The van der Waals surface area contributed by atoms with Gasteiger partial charge in [0.05, 0.1) is 17.8 Å². The summed E-state index contributed by atoms with van der Waals surface area (Å²) in [5.74, 6) is 0.847. The van der Waals surface area contributed by atoms with E-state index in [4.69, 9.17) is 21.1 Å². The van der Waals surface area contributed by atoms with Gasteiger partial charge in [-0.1, -0.05) is 27.5 Å². The maximum absolute atomic E-state index is 11.7. The van der Waals surface area contributed by atoms with Crippen molar-refractivity contribution in [3.63, 3.8) is 0 Å². The van der Waals surface area contributed by atoms with Crippen LogP contribution in [0.2, 0.25) is 5.02 Å². The first-order valence-electron chi connectivity index (χ1n) is 7.21. The molecule has 24 heavy (non-hydrogen) atoms. The number of hydrogen-bond acceptors (Lipinski definition) is 4. The summed E-state index contributed by atoms with van der Waals surface area (Å²) in [6.07, 6.45) is 1.54. The number of nitrogens with one attached hydrogen (secondary N) is 1. The Labute approximate surface area is 153 Å². The summed E-state index contributed by atoms with van der Waals surface area (Å²) in [6.45, 7) is 2.36. The number of rotatable bonds is 7. The zero-order valence-corrected chi connectivity index (χ0v) is 15.3. The highest BCUT2D eigenvalue weighted by Crippen LogP contribution is 2.27. The molecule has 0 fully saturated rings. The first-order chi connectivity index (χ1) is 11.6. The number of halogens is 2. The van der Waals surface area contributed by atoms with Crippen molar-refractivity contribution in [3.8, 4) is 11.5 Å². The van der Waals surface area contributed by atoms with Crippen molar-refractivity contribution in [2.75, 3.05) is 13.2 Å². The van der Waals surface area contributed by atoms with Gasteiger partial charge in [-0.15, -0.1) is 0 Å². The summed E-state index contributed by atoms with van der Waals surface area (Å²) in [5.41, 5.74) is 3.24. The molecule has 0 aliphatic heterocycles. The molecule has 0 heterocycles. The lowest BCUT2D eigenvalue weighted by Gasteiger charge is -2.07. The predicted molar refractivity (Wildman–Crippen MR) is 98.0 cm³/mol. The van der Waals surface area contributed by atoms with Crippen LogP contribution in [0.1, 0.15) is 12.5 Å². The Morgan fingerprint density at radius 1 is 1.25 bits per heavy atom. The third-order valence-electron chi connectivity index (χ3n) is 2.85. The minimum absolute atomic E-state index is 0.179. The molecule has 0 aliphatic rings. The van der Waals surface area contributed by atoms with E-state index >= 15 is 0 Å². The second-order valence-corrected chi connectivity index (χ2v) is 5.98. The highest BCUT2D eigenvalue weighted by atomic mass is 79.9. The number of hydrazone groups is 1. The van der Waals surface area contributed by atoms with Crippen LogP contribution < -0.4 is 14.9 Å². The number of nitrogens with zero attached hydrogens (tertiary/aromatic N) is 1. The molecule has 2 rings (SSSR count). The van der Waals surface area contributed by atoms with Crippen molar-refractivity contribution < 1.29 is 14.3 Å². The molecule has 0 saturated heterocycles. The number of amides is 1. The largest absolute Gasteiger partial charge is 0.494 e. The second kappa shape index (κ2) is 9.30. The molecule has 1 amide bonds. The van der Waals surface area contributed by atoms with Crippen molar-refractivity contribution in [1.82, 2.24) is 5.43 Å². The number of hydrogen-bond donors (Lipinski definition) is 1. The SMILES string of the molecule is CCOc1ccc(/C=N/NC(=O)COc2ccc(Br)cc2Cl)cc1. The van der Waals surface area contributed by atoms with Gasteiger partial charge in [0.15, 0.2) is 6.61 Å². The van der Waals surface area contributed by atoms with Crippen LogP contribution in [0.25, 0.3) is 0 Å². The van der Waals surface area contributed by atoms with Gasteiger partial charge in [-0.3, -0.25) is 4.79 Å². The molecule has 0 radical (unpaired) electrons. The Morgan fingerprint density at radius 3 is 2.67 bits per heavy atom. The molecule has 0 unspecified atom stereocenters. The first-order valence-corrected chi connectivity index (χ1v) is 8.38. The first kappa shape index (κ1) is 18.3. The zero-order chi connectivity index (χ0) is 17.4. The highest BCUT2D eigenvalue weighted by molar-refractivity contribution is 9.10. The van der Waals surface area contributed by atoms with Crippen LogP contribution in [0.5, 0.6) is 11.5 Å². The number of benzene rings is 2. The maximum atomic E-state index is 11.7. The quantitative estimate of drug-likeness (QED) is 0.553. The van der Waals surface area contributed by atoms with Crippen LogP contribution in [-0.4, -0.2) is 25.3 Å². The van der Waals surface area contributed by atoms with Gasteiger partial charge in [0.25, 0.3) is 5.91 Å². The van der Waals surface area contributed by atoms with E-state index < -0.39 is 0 Å². The third-order valence-corrected chi connectivity index (χ3v) is 3.64. The Morgan fingerprint density at radius 2 is 2.00 bits per heavy atom. The van der Waals surface area contributed by atoms with Gasteiger partial charge in [0.2, 0.25) is 0 Å². The van der Waals surface area contributed by atoms with Gasteiger partial charge in [-0.05, 0) is 55.0 Å². The predicted octanol–water partition coefficient (Wildman–Crippen LogP) is 4.03. The van der Waals surface area contributed by atoms with E-state index in [9.17, 15) is 4.79 Å². The van der Waals surface area contributed by atoms with Crippen molar-refractivity contribution >= 4 is 39.7 Å². The monoisotopic (exact) mass is 410 g/mol. The standard InChI is InChI=1S/C17H16BrClN2O3/c1-2-23-14-6-3-12(4-7-14)10-20-21-17(22)11-24-16-8-5-13(18)9-15(16)19/h3-10H,2,11H2,1H3,(H,21,22)/b20-10+. The van der Waals surface area contributed by atoms with Crippen molar-refractivity contribution in [1.29, 1.82) is 0 Å². The second-order valence-electron chi connectivity index (χ2n) is 4.66. The molecule has 0 spiro atoms. The van der Waals surface area contributed by atoms with Crippen LogP contribution in [0.3, 0.4) is 0 Å².